The molecule has 2 amide bonds. The van der Waals surface area contributed by atoms with Crippen LogP contribution < -0.4 is 10.6 Å². The summed E-state index contributed by atoms with van der Waals surface area (Å²) < 4.78 is 5.21. The van der Waals surface area contributed by atoms with E-state index in [2.05, 4.69) is 10.6 Å². The number of carbonyl (C=O) groups excluding carboxylic acids is 1. The van der Waals surface area contributed by atoms with Gasteiger partial charge in [0.2, 0.25) is 0 Å². The number of aliphatic hydroxyl groups is 1. The molecule has 2 heterocycles. The number of thiophene rings is 1. The lowest BCUT2D eigenvalue weighted by molar-refractivity contribution is 0.193. The van der Waals surface area contributed by atoms with Crippen LogP contribution in [0.1, 0.15) is 27.2 Å². The maximum Gasteiger partial charge on any atom is 0.315 e. The second-order valence-electron chi connectivity index (χ2n) is 5.24. The normalized spacial score (nSPS) is 11.9. The second kappa shape index (κ2) is 7.81. The number of benzene rings is 1. The van der Waals surface area contributed by atoms with Crippen molar-refractivity contribution in [3.8, 4) is 0 Å². The fourth-order valence-electron chi connectivity index (χ4n) is 2.23. The topological polar surface area (TPSA) is 74.5 Å². The van der Waals surface area contributed by atoms with Crippen LogP contribution in [0, 0.1) is 0 Å². The van der Waals surface area contributed by atoms with Crippen LogP contribution in [0.5, 0.6) is 0 Å². The zero-order valence-electron chi connectivity index (χ0n) is 12.9. The minimum atomic E-state index is -0.773. The second-order valence-corrected chi connectivity index (χ2v) is 6.44. The predicted molar refractivity (Wildman–Crippen MR) is 92.6 cm³/mol. The summed E-state index contributed by atoms with van der Waals surface area (Å²) in [5, 5.41) is 15.8. The molecule has 124 valence electrons. The van der Waals surface area contributed by atoms with Crippen LogP contribution in [0.15, 0.2) is 65.3 Å². The van der Waals surface area contributed by atoms with E-state index in [0.717, 1.165) is 15.3 Å². The van der Waals surface area contributed by atoms with Crippen LogP contribution in [0.4, 0.5) is 4.79 Å². The van der Waals surface area contributed by atoms with Crippen LogP contribution in [0.25, 0.3) is 0 Å². The molecule has 24 heavy (non-hydrogen) atoms. The first-order chi connectivity index (χ1) is 11.7. The van der Waals surface area contributed by atoms with Crippen molar-refractivity contribution in [2.24, 2.45) is 0 Å². The molecule has 1 unspecified atom stereocenters. The lowest BCUT2D eigenvalue weighted by Crippen LogP contribution is -2.34. The van der Waals surface area contributed by atoms with Gasteiger partial charge in [-0.05, 0) is 29.8 Å². The molecule has 0 saturated carbocycles. The number of furan rings is 1. The highest BCUT2D eigenvalue weighted by Gasteiger charge is 2.15. The summed E-state index contributed by atoms with van der Waals surface area (Å²) in [5.74, 6) is 0.511. The molecule has 2 aromatic heterocycles. The third-order valence-electron chi connectivity index (χ3n) is 3.48. The Hall–Kier alpha value is -2.57. The van der Waals surface area contributed by atoms with Gasteiger partial charge in [0.15, 0.2) is 0 Å². The third kappa shape index (κ3) is 4.24. The Morgan fingerprint density at radius 2 is 1.83 bits per heavy atom. The quantitative estimate of drug-likeness (QED) is 0.642. The van der Waals surface area contributed by atoms with Crippen molar-refractivity contribution in [3.05, 3.63) is 81.9 Å². The van der Waals surface area contributed by atoms with Gasteiger partial charge >= 0.3 is 6.03 Å². The number of nitrogens with one attached hydrogen (secondary N) is 2. The average molecular weight is 342 g/mol. The Bertz CT molecular complexity index is 769. The Morgan fingerprint density at radius 1 is 1.04 bits per heavy atom. The van der Waals surface area contributed by atoms with Gasteiger partial charge in [-0.3, -0.25) is 0 Å². The predicted octanol–water partition coefficient (Wildman–Crippen LogP) is 3.42. The van der Waals surface area contributed by atoms with E-state index in [9.17, 15) is 9.90 Å². The van der Waals surface area contributed by atoms with E-state index in [1.807, 2.05) is 42.5 Å². The molecule has 3 N–H and O–H groups in total. The minimum absolute atomic E-state index is 0.222. The van der Waals surface area contributed by atoms with Crippen molar-refractivity contribution in [3.63, 3.8) is 0 Å². The summed E-state index contributed by atoms with van der Waals surface area (Å²) in [7, 11) is 0. The summed E-state index contributed by atoms with van der Waals surface area (Å²) in [5.41, 5.74) is 1.05. The summed E-state index contributed by atoms with van der Waals surface area (Å²) >= 11 is 1.44. The molecule has 0 aliphatic rings. The zero-order valence-corrected chi connectivity index (χ0v) is 13.8. The highest BCUT2D eigenvalue weighted by atomic mass is 32.1. The Morgan fingerprint density at radius 3 is 2.58 bits per heavy atom. The van der Waals surface area contributed by atoms with E-state index in [1.54, 1.807) is 12.1 Å². The van der Waals surface area contributed by atoms with Gasteiger partial charge in [0, 0.05) is 16.3 Å². The van der Waals surface area contributed by atoms with Crippen molar-refractivity contribution in [1.29, 1.82) is 0 Å². The minimum Gasteiger partial charge on any atom is -0.466 e. The summed E-state index contributed by atoms with van der Waals surface area (Å²) in [4.78, 5) is 13.6. The smallest absolute Gasteiger partial charge is 0.315 e. The van der Waals surface area contributed by atoms with E-state index in [1.165, 1.54) is 17.6 Å². The van der Waals surface area contributed by atoms with Gasteiger partial charge in [-0.15, -0.1) is 11.3 Å². The highest BCUT2D eigenvalue weighted by Crippen LogP contribution is 2.28. The third-order valence-corrected chi connectivity index (χ3v) is 4.62. The molecule has 3 aromatic rings. The van der Waals surface area contributed by atoms with Crippen molar-refractivity contribution in [1.82, 2.24) is 10.6 Å². The van der Waals surface area contributed by atoms with E-state index < -0.39 is 6.10 Å². The lowest BCUT2D eigenvalue weighted by atomic mass is 10.2. The maximum absolute atomic E-state index is 11.8. The zero-order chi connectivity index (χ0) is 16.8. The van der Waals surface area contributed by atoms with Gasteiger partial charge in [0.1, 0.15) is 11.9 Å². The molecule has 1 atom stereocenters. The largest absolute Gasteiger partial charge is 0.466 e. The number of hydrogen-bond donors (Lipinski definition) is 3. The maximum atomic E-state index is 11.8. The van der Waals surface area contributed by atoms with E-state index in [-0.39, 0.29) is 6.03 Å². The highest BCUT2D eigenvalue weighted by molar-refractivity contribution is 7.12. The SMILES string of the molecule is O=C(NCc1ccccc1)NCc1ccc(C(O)c2ccco2)s1. The lowest BCUT2D eigenvalue weighted by Gasteiger charge is -2.07. The van der Waals surface area contributed by atoms with E-state index in [4.69, 9.17) is 4.42 Å². The number of amides is 2. The fraction of sp³-hybridized carbons (Fsp3) is 0.167. The molecule has 1 aromatic carbocycles. The van der Waals surface area contributed by atoms with Crippen LogP contribution in [-0.2, 0) is 13.1 Å². The monoisotopic (exact) mass is 342 g/mol. The van der Waals surface area contributed by atoms with Crippen molar-refractivity contribution in [2.45, 2.75) is 19.2 Å². The molecule has 0 aliphatic heterocycles. The first-order valence-electron chi connectivity index (χ1n) is 7.58. The summed E-state index contributed by atoms with van der Waals surface area (Å²) in [6, 6.07) is 16.7. The molecular weight excluding hydrogens is 324 g/mol. The van der Waals surface area contributed by atoms with Crippen LogP contribution in [0.3, 0.4) is 0 Å². The van der Waals surface area contributed by atoms with Gasteiger partial charge in [0.25, 0.3) is 0 Å². The number of rotatable bonds is 6. The number of urea groups is 1. The molecular formula is C18H18N2O3S. The number of hydrogen-bond acceptors (Lipinski definition) is 4. The van der Waals surface area contributed by atoms with Crippen LogP contribution >= 0.6 is 11.3 Å². The Kier molecular flexibility index (Phi) is 5.30. The average Bonchev–Trinajstić information content (AvgIpc) is 3.30. The van der Waals surface area contributed by atoms with Gasteiger partial charge in [-0.2, -0.15) is 0 Å². The van der Waals surface area contributed by atoms with Crippen LogP contribution in [-0.4, -0.2) is 11.1 Å². The first kappa shape index (κ1) is 16.3. The standard InChI is InChI=1S/C18H18N2O3S/c21-17(15-7-4-10-23-15)16-9-8-14(24-16)12-20-18(22)19-11-13-5-2-1-3-6-13/h1-10,17,21H,11-12H2,(H2,19,20,22). The first-order valence-corrected chi connectivity index (χ1v) is 8.40. The van der Waals surface area contributed by atoms with Gasteiger partial charge < -0.3 is 20.2 Å². The van der Waals surface area contributed by atoms with Crippen molar-refractivity contribution < 1.29 is 14.3 Å². The Labute approximate surface area is 143 Å². The molecule has 0 spiro atoms. The molecule has 0 saturated heterocycles. The van der Waals surface area contributed by atoms with Gasteiger partial charge in [-0.1, -0.05) is 30.3 Å². The van der Waals surface area contributed by atoms with Crippen LogP contribution in [0.2, 0.25) is 0 Å². The van der Waals surface area contributed by atoms with Gasteiger partial charge in [-0.25, -0.2) is 4.79 Å². The van der Waals surface area contributed by atoms with Gasteiger partial charge in [0.05, 0.1) is 12.8 Å². The van der Waals surface area contributed by atoms with E-state index in [0.29, 0.717) is 18.8 Å². The number of aliphatic hydroxyl groups excluding tert-OH is 1. The molecule has 3 rings (SSSR count). The number of carbonyl (C=O) groups is 1. The molecule has 6 heteroatoms. The molecule has 0 bridgehead atoms. The summed E-state index contributed by atoms with van der Waals surface area (Å²) in [6.07, 6.45) is 0.761. The van der Waals surface area contributed by atoms with Crippen molar-refractivity contribution in [2.75, 3.05) is 0 Å². The molecule has 5 nitrogen and oxygen atoms in total. The Balaban J connectivity index is 1.47. The van der Waals surface area contributed by atoms with E-state index >= 15 is 0 Å². The fourth-order valence-corrected chi connectivity index (χ4v) is 3.18. The summed E-state index contributed by atoms with van der Waals surface area (Å²) in [6.45, 7) is 0.899. The molecule has 0 fully saturated rings. The molecule has 0 aliphatic carbocycles. The van der Waals surface area contributed by atoms with Crippen molar-refractivity contribution >= 4 is 17.4 Å². The molecule has 0 radical (unpaired) electrons.